The molecule has 3 N–H and O–H groups in total. The van der Waals surface area contributed by atoms with Crippen molar-refractivity contribution in [1.29, 1.82) is 0 Å². The van der Waals surface area contributed by atoms with E-state index in [4.69, 9.17) is 5.73 Å². The van der Waals surface area contributed by atoms with Crippen molar-refractivity contribution in [3.8, 4) is 0 Å². The van der Waals surface area contributed by atoms with Crippen molar-refractivity contribution in [2.45, 2.75) is 6.42 Å². The number of hydrogen-bond donors (Lipinski definition) is 2. The molecular weight excluding hydrogens is 252 g/mol. The van der Waals surface area contributed by atoms with Crippen LogP contribution in [0.4, 0.5) is 0 Å². The van der Waals surface area contributed by atoms with Gasteiger partial charge in [0.05, 0.1) is 5.75 Å². The van der Waals surface area contributed by atoms with Crippen LogP contribution >= 0.6 is 0 Å². The van der Waals surface area contributed by atoms with Gasteiger partial charge >= 0.3 is 0 Å². The van der Waals surface area contributed by atoms with Gasteiger partial charge in [-0.3, -0.25) is 4.79 Å². The fraction of sp³-hybridized carbons (Fsp3) is 0.417. The van der Waals surface area contributed by atoms with E-state index in [-0.39, 0.29) is 12.3 Å². The molecule has 1 aromatic carbocycles. The van der Waals surface area contributed by atoms with E-state index in [0.29, 0.717) is 13.0 Å². The number of carbonyl (C=O) groups is 1. The Balaban J connectivity index is 2.30. The highest BCUT2D eigenvalue weighted by molar-refractivity contribution is 7.92. The number of rotatable bonds is 7. The molecule has 18 heavy (non-hydrogen) atoms. The highest BCUT2D eigenvalue weighted by Gasteiger charge is 2.14. The third-order valence-corrected chi connectivity index (χ3v) is 3.92. The van der Waals surface area contributed by atoms with Gasteiger partial charge in [-0.05, 0) is 12.0 Å². The van der Waals surface area contributed by atoms with Crippen LogP contribution in [0.15, 0.2) is 30.3 Å². The number of hydrogen-bond acceptors (Lipinski definition) is 4. The molecule has 0 fully saturated rings. The van der Waals surface area contributed by atoms with Crippen molar-refractivity contribution in [1.82, 2.24) is 5.32 Å². The van der Waals surface area contributed by atoms with Gasteiger partial charge in [0.25, 0.3) is 0 Å². The standard InChI is InChI=1S/C12H18N2O3S/c13-7-9-18(16,17)10-12(15)14-8-6-11-4-2-1-3-5-11/h1-5H,6-10,13H2,(H,14,15). The first-order valence-electron chi connectivity index (χ1n) is 5.74. The monoisotopic (exact) mass is 270 g/mol. The molecule has 0 saturated heterocycles. The summed E-state index contributed by atoms with van der Waals surface area (Å²) in [5, 5.41) is 2.59. The topological polar surface area (TPSA) is 89.3 Å². The van der Waals surface area contributed by atoms with E-state index < -0.39 is 21.5 Å². The maximum Gasteiger partial charge on any atom is 0.235 e. The molecule has 0 radical (unpaired) electrons. The third kappa shape index (κ3) is 5.79. The molecule has 100 valence electrons. The van der Waals surface area contributed by atoms with Crippen molar-refractivity contribution < 1.29 is 13.2 Å². The zero-order chi connectivity index (χ0) is 13.4. The second-order valence-electron chi connectivity index (χ2n) is 3.97. The van der Waals surface area contributed by atoms with Crippen molar-refractivity contribution in [2.75, 3.05) is 24.6 Å². The van der Waals surface area contributed by atoms with Crippen LogP contribution in [0.1, 0.15) is 5.56 Å². The summed E-state index contributed by atoms with van der Waals surface area (Å²) in [5.74, 6) is -1.11. The van der Waals surface area contributed by atoms with E-state index in [0.717, 1.165) is 5.56 Å². The first-order valence-corrected chi connectivity index (χ1v) is 7.57. The maximum absolute atomic E-state index is 11.4. The fourth-order valence-corrected chi connectivity index (χ4v) is 2.50. The highest BCUT2D eigenvalue weighted by atomic mass is 32.2. The maximum atomic E-state index is 11.4. The summed E-state index contributed by atoms with van der Waals surface area (Å²) in [7, 11) is -3.36. The Kier molecular flexibility index (Phi) is 5.80. The minimum absolute atomic E-state index is 0.0413. The van der Waals surface area contributed by atoms with Crippen LogP contribution in [0.2, 0.25) is 0 Å². The van der Waals surface area contributed by atoms with E-state index in [1.165, 1.54) is 0 Å². The highest BCUT2D eigenvalue weighted by Crippen LogP contribution is 1.98. The molecule has 0 aromatic heterocycles. The molecule has 0 heterocycles. The normalized spacial score (nSPS) is 11.2. The summed E-state index contributed by atoms with van der Waals surface area (Å²) < 4.78 is 22.7. The van der Waals surface area contributed by atoms with E-state index >= 15 is 0 Å². The minimum Gasteiger partial charge on any atom is -0.355 e. The lowest BCUT2D eigenvalue weighted by Crippen LogP contribution is -2.33. The lowest BCUT2D eigenvalue weighted by molar-refractivity contribution is -0.118. The Bertz CT molecular complexity index is 471. The number of benzene rings is 1. The molecule has 6 heteroatoms. The van der Waals surface area contributed by atoms with Gasteiger partial charge in [-0.15, -0.1) is 0 Å². The van der Waals surface area contributed by atoms with Crippen LogP contribution in [0.25, 0.3) is 0 Å². The van der Waals surface area contributed by atoms with Gasteiger partial charge < -0.3 is 11.1 Å². The summed E-state index contributed by atoms with van der Waals surface area (Å²) in [4.78, 5) is 11.4. The number of sulfone groups is 1. The molecule has 0 bridgehead atoms. The predicted molar refractivity (Wildman–Crippen MR) is 70.9 cm³/mol. The van der Waals surface area contributed by atoms with Crippen LogP contribution in [0, 0.1) is 0 Å². The molecule has 0 aliphatic heterocycles. The molecule has 0 saturated carbocycles. The Hall–Kier alpha value is -1.40. The van der Waals surface area contributed by atoms with Crippen molar-refractivity contribution in [3.05, 3.63) is 35.9 Å². The molecule has 0 atom stereocenters. The Morgan fingerprint density at radius 3 is 2.50 bits per heavy atom. The van der Waals surface area contributed by atoms with Gasteiger partial charge in [0.1, 0.15) is 5.75 Å². The van der Waals surface area contributed by atoms with E-state index in [1.807, 2.05) is 30.3 Å². The lowest BCUT2D eigenvalue weighted by atomic mass is 10.1. The van der Waals surface area contributed by atoms with Crippen LogP contribution in [-0.4, -0.2) is 38.9 Å². The molecular formula is C12H18N2O3S. The lowest BCUT2D eigenvalue weighted by Gasteiger charge is -2.05. The summed E-state index contributed by atoms with van der Waals surface area (Å²) in [6.07, 6.45) is 0.684. The van der Waals surface area contributed by atoms with E-state index in [9.17, 15) is 13.2 Å². The quantitative estimate of drug-likeness (QED) is 0.713. The average Bonchev–Trinajstić information content (AvgIpc) is 2.29. The van der Waals surface area contributed by atoms with Crippen LogP contribution < -0.4 is 11.1 Å². The second-order valence-corrected chi connectivity index (χ2v) is 6.15. The average molecular weight is 270 g/mol. The van der Waals surface area contributed by atoms with Crippen LogP contribution in [0.3, 0.4) is 0 Å². The Morgan fingerprint density at radius 1 is 1.22 bits per heavy atom. The van der Waals surface area contributed by atoms with E-state index in [1.54, 1.807) is 0 Å². The van der Waals surface area contributed by atoms with Crippen molar-refractivity contribution >= 4 is 15.7 Å². The zero-order valence-corrected chi connectivity index (χ0v) is 10.9. The van der Waals surface area contributed by atoms with Gasteiger partial charge in [0.2, 0.25) is 5.91 Å². The summed E-state index contributed by atoms with van der Waals surface area (Å²) in [6, 6.07) is 9.67. The van der Waals surface area contributed by atoms with Crippen molar-refractivity contribution in [2.24, 2.45) is 5.73 Å². The molecule has 0 unspecified atom stereocenters. The molecule has 1 rings (SSSR count). The fourth-order valence-electron chi connectivity index (χ4n) is 1.49. The van der Waals surface area contributed by atoms with Gasteiger partial charge in [-0.2, -0.15) is 0 Å². The largest absolute Gasteiger partial charge is 0.355 e. The van der Waals surface area contributed by atoms with Crippen LogP contribution in [0.5, 0.6) is 0 Å². The van der Waals surface area contributed by atoms with Gasteiger partial charge in [0.15, 0.2) is 9.84 Å². The summed E-state index contributed by atoms with van der Waals surface area (Å²) in [5.41, 5.74) is 6.26. The predicted octanol–water partition coefficient (Wildman–Crippen LogP) is -0.281. The van der Waals surface area contributed by atoms with E-state index in [2.05, 4.69) is 5.32 Å². The molecule has 1 aromatic rings. The third-order valence-electron chi connectivity index (χ3n) is 2.36. The first kappa shape index (κ1) is 14.7. The van der Waals surface area contributed by atoms with Gasteiger partial charge in [-0.25, -0.2) is 8.42 Å². The summed E-state index contributed by atoms with van der Waals surface area (Å²) in [6.45, 7) is 0.473. The number of nitrogens with one attached hydrogen (secondary N) is 1. The molecule has 5 nitrogen and oxygen atoms in total. The van der Waals surface area contributed by atoms with Crippen molar-refractivity contribution in [3.63, 3.8) is 0 Å². The van der Waals surface area contributed by atoms with Gasteiger partial charge in [-0.1, -0.05) is 30.3 Å². The molecule has 0 aliphatic carbocycles. The molecule has 0 spiro atoms. The number of amides is 1. The Morgan fingerprint density at radius 2 is 1.89 bits per heavy atom. The molecule has 1 amide bonds. The zero-order valence-electron chi connectivity index (χ0n) is 10.1. The molecule has 0 aliphatic rings. The Labute approximate surface area is 107 Å². The minimum atomic E-state index is -3.36. The summed E-state index contributed by atoms with van der Waals surface area (Å²) >= 11 is 0. The SMILES string of the molecule is NCCS(=O)(=O)CC(=O)NCCc1ccccc1. The first-order chi connectivity index (χ1) is 8.53. The van der Waals surface area contributed by atoms with Crippen LogP contribution in [-0.2, 0) is 21.1 Å². The number of carbonyl (C=O) groups excluding carboxylic acids is 1. The van der Waals surface area contributed by atoms with Gasteiger partial charge in [0, 0.05) is 13.1 Å². The second kappa shape index (κ2) is 7.13. The smallest absolute Gasteiger partial charge is 0.235 e. The number of nitrogens with two attached hydrogens (primary N) is 1.